The molecule has 27 heavy (non-hydrogen) atoms. The molecule has 0 spiro atoms. The monoisotopic (exact) mass is 369 g/mol. The molecule has 1 aliphatic rings. The Labute approximate surface area is 160 Å². The Morgan fingerprint density at radius 2 is 1.63 bits per heavy atom. The first-order valence-electron chi connectivity index (χ1n) is 9.13. The standard InChI is InChI=1S/C21H27N3O3/c1-23-10-12-24(13-11-23)18-7-4-16(5-8-18)15-22-21(25)17-6-9-19(26-2)20(14-17)27-3/h4-9,14H,10-13,15H2,1-3H3,(H,22,25). The second-order valence-corrected chi connectivity index (χ2v) is 6.71. The maximum absolute atomic E-state index is 12.4. The Morgan fingerprint density at radius 3 is 2.26 bits per heavy atom. The van der Waals surface area contributed by atoms with Crippen molar-refractivity contribution in [1.29, 1.82) is 0 Å². The van der Waals surface area contributed by atoms with Crippen molar-refractivity contribution in [1.82, 2.24) is 10.2 Å². The second-order valence-electron chi connectivity index (χ2n) is 6.71. The predicted octanol–water partition coefficient (Wildman–Crippen LogP) is 2.39. The van der Waals surface area contributed by atoms with E-state index in [4.69, 9.17) is 9.47 Å². The number of hydrogen-bond donors (Lipinski definition) is 1. The molecule has 0 radical (unpaired) electrons. The van der Waals surface area contributed by atoms with Gasteiger partial charge in [-0.25, -0.2) is 0 Å². The van der Waals surface area contributed by atoms with Gasteiger partial charge in [0.2, 0.25) is 0 Å². The summed E-state index contributed by atoms with van der Waals surface area (Å²) in [5.74, 6) is 1.01. The Morgan fingerprint density at radius 1 is 0.963 bits per heavy atom. The highest BCUT2D eigenvalue weighted by Crippen LogP contribution is 2.27. The van der Waals surface area contributed by atoms with Crippen molar-refractivity contribution in [3.63, 3.8) is 0 Å². The molecule has 1 saturated heterocycles. The fraction of sp³-hybridized carbons (Fsp3) is 0.381. The van der Waals surface area contributed by atoms with Crippen LogP contribution in [0.2, 0.25) is 0 Å². The number of hydrogen-bond acceptors (Lipinski definition) is 5. The van der Waals surface area contributed by atoms with Gasteiger partial charge in [-0.2, -0.15) is 0 Å². The van der Waals surface area contributed by atoms with Gasteiger partial charge in [0.1, 0.15) is 0 Å². The molecule has 1 N–H and O–H groups in total. The molecule has 1 fully saturated rings. The van der Waals surface area contributed by atoms with Gasteiger partial charge in [-0.05, 0) is 42.9 Å². The predicted molar refractivity (Wildman–Crippen MR) is 107 cm³/mol. The van der Waals surface area contributed by atoms with E-state index in [0.717, 1.165) is 31.7 Å². The van der Waals surface area contributed by atoms with E-state index in [-0.39, 0.29) is 5.91 Å². The lowest BCUT2D eigenvalue weighted by Gasteiger charge is -2.34. The van der Waals surface area contributed by atoms with Crippen molar-refractivity contribution in [2.45, 2.75) is 6.54 Å². The lowest BCUT2D eigenvalue weighted by Crippen LogP contribution is -2.44. The first kappa shape index (κ1) is 19.0. The first-order valence-corrected chi connectivity index (χ1v) is 9.13. The highest BCUT2D eigenvalue weighted by atomic mass is 16.5. The Kier molecular flexibility index (Phi) is 6.19. The summed E-state index contributed by atoms with van der Waals surface area (Å²) >= 11 is 0. The summed E-state index contributed by atoms with van der Waals surface area (Å²) in [5.41, 5.74) is 2.85. The zero-order valence-corrected chi connectivity index (χ0v) is 16.2. The van der Waals surface area contributed by atoms with Crippen molar-refractivity contribution in [3.05, 3.63) is 53.6 Å². The van der Waals surface area contributed by atoms with Crippen LogP contribution in [0.4, 0.5) is 5.69 Å². The molecule has 1 heterocycles. The number of methoxy groups -OCH3 is 2. The highest BCUT2D eigenvalue weighted by Gasteiger charge is 2.14. The van der Waals surface area contributed by atoms with Crippen LogP contribution in [-0.4, -0.2) is 58.3 Å². The number of ether oxygens (including phenoxy) is 2. The first-order chi connectivity index (χ1) is 13.1. The van der Waals surface area contributed by atoms with Gasteiger partial charge < -0.3 is 24.6 Å². The SMILES string of the molecule is COc1ccc(C(=O)NCc2ccc(N3CCN(C)CC3)cc2)cc1OC. The number of carbonyl (C=O) groups is 1. The van der Waals surface area contributed by atoms with Crippen LogP contribution in [0.3, 0.4) is 0 Å². The van der Waals surface area contributed by atoms with Gasteiger partial charge in [0.15, 0.2) is 11.5 Å². The van der Waals surface area contributed by atoms with Crippen molar-refractivity contribution >= 4 is 11.6 Å². The molecular weight excluding hydrogens is 342 g/mol. The molecule has 3 rings (SSSR count). The molecule has 0 aromatic heterocycles. The Balaban J connectivity index is 1.57. The van der Waals surface area contributed by atoms with Crippen LogP contribution < -0.4 is 19.7 Å². The molecule has 6 nitrogen and oxygen atoms in total. The van der Waals surface area contributed by atoms with Crippen LogP contribution in [0.5, 0.6) is 11.5 Å². The van der Waals surface area contributed by atoms with Gasteiger partial charge in [-0.15, -0.1) is 0 Å². The zero-order valence-electron chi connectivity index (χ0n) is 16.2. The van der Waals surface area contributed by atoms with E-state index in [0.29, 0.717) is 23.6 Å². The van der Waals surface area contributed by atoms with E-state index in [9.17, 15) is 4.79 Å². The fourth-order valence-electron chi connectivity index (χ4n) is 3.15. The van der Waals surface area contributed by atoms with Crippen molar-refractivity contribution < 1.29 is 14.3 Å². The number of benzene rings is 2. The van der Waals surface area contributed by atoms with E-state index < -0.39 is 0 Å². The van der Waals surface area contributed by atoms with E-state index in [1.807, 2.05) is 0 Å². The van der Waals surface area contributed by atoms with E-state index in [1.165, 1.54) is 5.69 Å². The summed E-state index contributed by atoms with van der Waals surface area (Å²) in [7, 11) is 5.28. The molecule has 0 bridgehead atoms. The van der Waals surface area contributed by atoms with Gasteiger partial charge in [0.25, 0.3) is 5.91 Å². The zero-order chi connectivity index (χ0) is 19.2. The van der Waals surface area contributed by atoms with Crippen molar-refractivity contribution in [3.8, 4) is 11.5 Å². The van der Waals surface area contributed by atoms with Crippen LogP contribution in [0, 0.1) is 0 Å². The number of amides is 1. The summed E-state index contributed by atoms with van der Waals surface area (Å²) in [6.07, 6.45) is 0. The summed E-state index contributed by atoms with van der Waals surface area (Å²) < 4.78 is 10.5. The molecule has 2 aromatic carbocycles. The minimum absolute atomic E-state index is 0.140. The number of rotatable bonds is 6. The molecule has 1 amide bonds. The van der Waals surface area contributed by atoms with E-state index in [2.05, 4.69) is 46.4 Å². The third-order valence-electron chi connectivity index (χ3n) is 4.90. The lowest BCUT2D eigenvalue weighted by atomic mass is 10.1. The number of likely N-dealkylation sites (N-methyl/N-ethyl adjacent to an activating group) is 1. The Bertz CT molecular complexity index is 769. The molecule has 0 aliphatic carbocycles. The summed E-state index contributed by atoms with van der Waals surface area (Å²) in [4.78, 5) is 17.1. The largest absolute Gasteiger partial charge is 0.493 e. The van der Waals surface area contributed by atoms with Gasteiger partial charge >= 0.3 is 0 Å². The third kappa shape index (κ3) is 4.71. The minimum atomic E-state index is -0.140. The maximum Gasteiger partial charge on any atom is 0.251 e. The normalized spacial score (nSPS) is 14.7. The van der Waals surface area contributed by atoms with Crippen molar-refractivity contribution in [2.24, 2.45) is 0 Å². The van der Waals surface area contributed by atoms with Crippen LogP contribution in [0.15, 0.2) is 42.5 Å². The molecule has 0 saturated carbocycles. The lowest BCUT2D eigenvalue weighted by molar-refractivity contribution is 0.0950. The number of piperazine rings is 1. The Hall–Kier alpha value is -2.73. The summed E-state index contributed by atoms with van der Waals surface area (Å²) in [6.45, 7) is 4.75. The molecule has 1 aliphatic heterocycles. The van der Waals surface area contributed by atoms with Crippen molar-refractivity contribution in [2.75, 3.05) is 52.3 Å². The van der Waals surface area contributed by atoms with Gasteiger partial charge in [-0.1, -0.05) is 12.1 Å². The fourth-order valence-corrected chi connectivity index (χ4v) is 3.15. The number of anilines is 1. The highest BCUT2D eigenvalue weighted by molar-refractivity contribution is 5.94. The van der Waals surface area contributed by atoms with Gasteiger partial charge in [0.05, 0.1) is 14.2 Å². The number of carbonyl (C=O) groups excluding carboxylic acids is 1. The smallest absolute Gasteiger partial charge is 0.251 e. The molecule has 144 valence electrons. The quantitative estimate of drug-likeness (QED) is 0.847. The van der Waals surface area contributed by atoms with Gasteiger partial charge in [0, 0.05) is 44.0 Å². The average Bonchev–Trinajstić information content (AvgIpc) is 2.72. The van der Waals surface area contributed by atoms with E-state index >= 15 is 0 Å². The molecule has 2 aromatic rings. The average molecular weight is 369 g/mol. The molecule has 0 atom stereocenters. The molecular formula is C21H27N3O3. The molecule has 6 heteroatoms. The topological polar surface area (TPSA) is 54.0 Å². The van der Waals surface area contributed by atoms with Gasteiger partial charge in [-0.3, -0.25) is 4.79 Å². The van der Waals surface area contributed by atoms with Crippen LogP contribution in [-0.2, 0) is 6.54 Å². The minimum Gasteiger partial charge on any atom is -0.493 e. The number of nitrogens with zero attached hydrogens (tertiary/aromatic N) is 2. The second kappa shape index (κ2) is 8.77. The summed E-state index contributed by atoms with van der Waals surface area (Å²) in [6, 6.07) is 13.5. The molecule has 0 unspecified atom stereocenters. The van der Waals surface area contributed by atoms with Crippen LogP contribution in [0.1, 0.15) is 15.9 Å². The van der Waals surface area contributed by atoms with Crippen LogP contribution in [0.25, 0.3) is 0 Å². The van der Waals surface area contributed by atoms with Crippen LogP contribution >= 0.6 is 0 Å². The number of nitrogens with one attached hydrogen (secondary N) is 1. The third-order valence-corrected chi connectivity index (χ3v) is 4.90. The maximum atomic E-state index is 12.4. The summed E-state index contributed by atoms with van der Waals surface area (Å²) in [5, 5.41) is 2.95. The van der Waals surface area contributed by atoms with E-state index in [1.54, 1.807) is 32.4 Å².